The molecule has 0 aromatic rings. The zero-order valence-corrected chi connectivity index (χ0v) is 21.4. The number of halogens is 2. The van der Waals surface area contributed by atoms with Crippen LogP contribution in [0.25, 0.3) is 0 Å². The molecule has 0 aromatic carbocycles. The van der Waals surface area contributed by atoms with Crippen LogP contribution in [-0.2, 0) is 14.2 Å². The summed E-state index contributed by atoms with van der Waals surface area (Å²) in [5.74, 6) is -0.617. The fourth-order valence-electron chi connectivity index (χ4n) is 3.15. The van der Waals surface area contributed by atoms with Gasteiger partial charge in [-0.25, -0.2) is 8.78 Å². The Kier molecular flexibility index (Phi) is 16.6. The lowest BCUT2D eigenvalue weighted by atomic mass is 9.98. The Morgan fingerprint density at radius 1 is 1.00 bits per heavy atom. The van der Waals surface area contributed by atoms with Crippen LogP contribution in [0.15, 0.2) is 58.6 Å². The van der Waals surface area contributed by atoms with Crippen LogP contribution in [0.5, 0.6) is 0 Å². The summed E-state index contributed by atoms with van der Waals surface area (Å²) >= 11 is 0. The highest BCUT2D eigenvalue weighted by Crippen LogP contribution is 2.28. The molecule has 0 aliphatic carbocycles. The van der Waals surface area contributed by atoms with Gasteiger partial charge in [-0.3, -0.25) is 0 Å². The monoisotopic (exact) mass is 454 g/mol. The largest absolute Gasteiger partial charge is 0.498 e. The number of ether oxygens (including phenoxy) is 3. The van der Waals surface area contributed by atoms with Crippen molar-refractivity contribution >= 4 is 0 Å². The zero-order valence-electron chi connectivity index (χ0n) is 21.4. The molecule has 0 amide bonds. The fraction of sp³-hybridized carbons (Fsp3) is 0.630. The summed E-state index contributed by atoms with van der Waals surface area (Å²) < 4.78 is 45.2. The Labute approximate surface area is 194 Å². The van der Waals surface area contributed by atoms with Crippen molar-refractivity contribution in [1.29, 1.82) is 0 Å². The maximum atomic E-state index is 14.5. The molecule has 5 heteroatoms. The van der Waals surface area contributed by atoms with Crippen LogP contribution in [0, 0.1) is 5.92 Å². The van der Waals surface area contributed by atoms with Gasteiger partial charge < -0.3 is 14.2 Å². The first-order valence-corrected chi connectivity index (χ1v) is 11.8. The predicted molar refractivity (Wildman–Crippen MR) is 131 cm³/mol. The van der Waals surface area contributed by atoms with Gasteiger partial charge in [0, 0.05) is 12.3 Å². The summed E-state index contributed by atoms with van der Waals surface area (Å²) in [6, 6.07) is 0. The average Bonchev–Trinajstić information content (AvgIpc) is 2.80. The molecule has 1 heterocycles. The van der Waals surface area contributed by atoms with E-state index in [1.165, 1.54) is 20.5 Å². The van der Waals surface area contributed by atoms with Gasteiger partial charge in [0.15, 0.2) is 11.7 Å². The summed E-state index contributed by atoms with van der Waals surface area (Å²) in [4.78, 5) is 0. The van der Waals surface area contributed by atoms with E-state index in [4.69, 9.17) is 14.2 Å². The van der Waals surface area contributed by atoms with Gasteiger partial charge in [-0.1, -0.05) is 52.3 Å². The third-order valence-corrected chi connectivity index (χ3v) is 5.09. The highest BCUT2D eigenvalue weighted by Gasteiger charge is 2.20. The van der Waals surface area contributed by atoms with Crippen LogP contribution < -0.4 is 0 Å². The molecule has 0 aromatic heterocycles. The summed E-state index contributed by atoms with van der Waals surface area (Å²) in [5.41, 5.74) is 0.970. The summed E-state index contributed by atoms with van der Waals surface area (Å²) in [5, 5.41) is 0. The maximum absolute atomic E-state index is 14.5. The third-order valence-electron chi connectivity index (χ3n) is 5.09. The first-order valence-electron chi connectivity index (χ1n) is 11.8. The second kappa shape index (κ2) is 17.6. The van der Waals surface area contributed by atoms with E-state index in [-0.39, 0.29) is 11.9 Å². The van der Waals surface area contributed by atoms with Gasteiger partial charge in [-0.2, -0.15) is 0 Å². The lowest BCUT2D eigenvalue weighted by Gasteiger charge is -2.27. The summed E-state index contributed by atoms with van der Waals surface area (Å²) in [6.07, 6.45) is 12.4. The van der Waals surface area contributed by atoms with Crippen molar-refractivity contribution in [3.63, 3.8) is 0 Å². The Balaban J connectivity index is 0.00000302. The van der Waals surface area contributed by atoms with Gasteiger partial charge in [0.1, 0.15) is 12.4 Å². The summed E-state index contributed by atoms with van der Waals surface area (Å²) in [7, 11) is 1.32. The van der Waals surface area contributed by atoms with Crippen LogP contribution in [0.2, 0.25) is 0 Å². The smallest absolute Gasteiger partial charge is 0.196 e. The van der Waals surface area contributed by atoms with E-state index in [9.17, 15) is 8.78 Å². The molecule has 0 saturated carbocycles. The van der Waals surface area contributed by atoms with Crippen LogP contribution in [0.3, 0.4) is 0 Å². The van der Waals surface area contributed by atoms with E-state index in [2.05, 4.69) is 26.0 Å². The van der Waals surface area contributed by atoms with E-state index < -0.39 is 11.7 Å². The van der Waals surface area contributed by atoms with Gasteiger partial charge in [0.2, 0.25) is 0 Å². The standard InChI is InChI=1S/C24H36F2O3.C3H8/c1-7-10-19-12-14-21(28-15-19)16-29-20(8-2)13-11-17(4)22(9-3)24(26)23(25)18(5)27-6;1-3-2/h7,10-11,13,19,21H,8-9,12,14-16H2,1-6H3;3H2,1-2H3/b10-7+,17-11+,20-13+,23-18-,24-22-;. The van der Waals surface area contributed by atoms with Crippen molar-refractivity contribution in [2.24, 2.45) is 5.92 Å². The maximum Gasteiger partial charge on any atom is 0.196 e. The lowest BCUT2D eigenvalue weighted by Crippen LogP contribution is -2.28. The molecular weight excluding hydrogens is 410 g/mol. The quantitative estimate of drug-likeness (QED) is 0.188. The molecular formula is C27H44F2O3. The Hall–Kier alpha value is -1.88. The molecule has 1 aliphatic heterocycles. The molecule has 2 atom stereocenters. The topological polar surface area (TPSA) is 27.7 Å². The lowest BCUT2D eigenvalue weighted by molar-refractivity contribution is -0.0411. The molecule has 2 unspecified atom stereocenters. The van der Waals surface area contributed by atoms with Crippen LogP contribution >= 0.6 is 0 Å². The Bertz CT molecular complexity index is 679. The normalized spacial score (nSPS) is 21.4. The van der Waals surface area contributed by atoms with E-state index in [1.807, 2.05) is 19.9 Å². The number of methoxy groups -OCH3 is 1. The van der Waals surface area contributed by atoms with Gasteiger partial charge >= 0.3 is 0 Å². The first kappa shape index (κ1) is 30.1. The molecule has 32 heavy (non-hydrogen) atoms. The van der Waals surface area contributed by atoms with Crippen molar-refractivity contribution < 1.29 is 23.0 Å². The fourth-order valence-corrected chi connectivity index (χ4v) is 3.15. The van der Waals surface area contributed by atoms with Crippen molar-refractivity contribution in [2.45, 2.75) is 86.7 Å². The van der Waals surface area contributed by atoms with E-state index in [0.29, 0.717) is 36.5 Å². The highest BCUT2D eigenvalue weighted by atomic mass is 19.2. The molecule has 0 N–H and O–H groups in total. The average molecular weight is 455 g/mol. The molecule has 0 spiro atoms. The van der Waals surface area contributed by atoms with E-state index in [0.717, 1.165) is 25.2 Å². The molecule has 184 valence electrons. The van der Waals surface area contributed by atoms with Crippen molar-refractivity contribution in [3.8, 4) is 0 Å². The van der Waals surface area contributed by atoms with E-state index >= 15 is 0 Å². The number of allylic oxidation sites excluding steroid dienone is 9. The second-order valence-corrected chi connectivity index (χ2v) is 7.89. The van der Waals surface area contributed by atoms with Gasteiger partial charge in [0.05, 0.1) is 25.6 Å². The Morgan fingerprint density at radius 3 is 2.12 bits per heavy atom. The van der Waals surface area contributed by atoms with Crippen molar-refractivity contribution in [3.05, 3.63) is 58.6 Å². The molecule has 1 rings (SSSR count). The number of hydrogen-bond acceptors (Lipinski definition) is 3. The van der Waals surface area contributed by atoms with E-state index in [1.54, 1.807) is 19.9 Å². The summed E-state index contributed by atoms with van der Waals surface area (Å²) in [6.45, 7) is 14.5. The first-order chi connectivity index (χ1) is 15.3. The van der Waals surface area contributed by atoms with Crippen LogP contribution in [0.4, 0.5) is 8.78 Å². The SMILES string of the molecule is C/C=C/C1CCC(CO/C(=C/C=C(C)/C(CC)=C(F)/C(F)=C(\C)OC)CC)OC1.CCC. The van der Waals surface area contributed by atoms with Crippen LogP contribution in [0.1, 0.15) is 80.6 Å². The van der Waals surface area contributed by atoms with Crippen molar-refractivity contribution in [1.82, 2.24) is 0 Å². The number of hydrogen-bond donors (Lipinski definition) is 0. The molecule has 3 nitrogen and oxygen atoms in total. The number of rotatable bonds is 10. The van der Waals surface area contributed by atoms with Crippen LogP contribution in [-0.4, -0.2) is 26.4 Å². The minimum Gasteiger partial charge on any atom is -0.498 e. The molecule has 1 fully saturated rings. The zero-order chi connectivity index (χ0) is 24.5. The second-order valence-electron chi connectivity index (χ2n) is 7.89. The van der Waals surface area contributed by atoms with Gasteiger partial charge in [-0.15, -0.1) is 0 Å². The minimum absolute atomic E-state index is 0.0708. The minimum atomic E-state index is -0.960. The van der Waals surface area contributed by atoms with Gasteiger partial charge in [-0.05, 0) is 57.3 Å². The predicted octanol–water partition coefficient (Wildman–Crippen LogP) is 8.51. The van der Waals surface area contributed by atoms with Gasteiger partial charge in [0.25, 0.3) is 0 Å². The molecule has 1 aliphatic rings. The molecule has 0 bridgehead atoms. The third kappa shape index (κ3) is 11.1. The van der Waals surface area contributed by atoms with Crippen molar-refractivity contribution in [2.75, 3.05) is 20.3 Å². The highest BCUT2D eigenvalue weighted by molar-refractivity contribution is 5.40. The molecule has 1 saturated heterocycles. The molecule has 0 radical (unpaired) electrons. The Morgan fingerprint density at radius 2 is 1.66 bits per heavy atom.